The van der Waals surface area contributed by atoms with E-state index in [0.29, 0.717) is 0 Å². The molecule has 1 heterocycles. The summed E-state index contributed by atoms with van der Waals surface area (Å²) < 4.78 is 1.18. The summed E-state index contributed by atoms with van der Waals surface area (Å²) in [6, 6.07) is 10.2. The lowest BCUT2D eigenvalue weighted by Gasteiger charge is -2.17. The summed E-state index contributed by atoms with van der Waals surface area (Å²) in [6.07, 6.45) is 0. The highest BCUT2D eigenvalue weighted by atomic mass is 79.9. The number of halogens is 1. The van der Waals surface area contributed by atoms with Gasteiger partial charge >= 0.3 is 0 Å². The van der Waals surface area contributed by atoms with Gasteiger partial charge in [0.05, 0.1) is 3.79 Å². The molecular weight excluding hydrogens is 296 g/mol. The van der Waals surface area contributed by atoms with E-state index in [1.165, 1.54) is 14.9 Å². The molecule has 0 unspecified atom stereocenters. The molecule has 17 heavy (non-hydrogen) atoms. The van der Waals surface area contributed by atoms with Crippen LogP contribution >= 0.6 is 27.3 Å². The SMILES string of the molecule is CN(Cc1csc(Br)c1)Cc1ccccc1N. The van der Waals surface area contributed by atoms with Crippen molar-refractivity contribution in [2.24, 2.45) is 0 Å². The van der Waals surface area contributed by atoms with Crippen LogP contribution in [0.2, 0.25) is 0 Å². The Morgan fingerprint density at radius 3 is 2.71 bits per heavy atom. The molecule has 2 rings (SSSR count). The van der Waals surface area contributed by atoms with Crippen molar-refractivity contribution in [2.75, 3.05) is 12.8 Å². The summed E-state index contributed by atoms with van der Waals surface area (Å²) in [5.74, 6) is 0. The van der Waals surface area contributed by atoms with Gasteiger partial charge in [-0.1, -0.05) is 18.2 Å². The lowest BCUT2D eigenvalue weighted by atomic mass is 10.1. The van der Waals surface area contributed by atoms with Crippen molar-refractivity contribution in [1.82, 2.24) is 4.90 Å². The minimum absolute atomic E-state index is 0.867. The molecule has 90 valence electrons. The molecule has 1 aromatic carbocycles. The van der Waals surface area contributed by atoms with Gasteiger partial charge in [0.25, 0.3) is 0 Å². The van der Waals surface area contributed by atoms with E-state index in [9.17, 15) is 0 Å². The monoisotopic (exact) mass is 310 g/mol. The second kappa shape index (κ2) is 5.67. The third-order valence-corrected chi connectivity index (χ3v) is 4.12. The Bertz CT molecular complexity index is 496. The van der Waals surface area contributed by atoms with Gasteiger partial charge in [0.1, 0.15) is 0 Å². The molecule has 4 heteroatoms. The van der Waals surface area contributed by atoms with Crippen molar-refractivity contribution in [3.63, 3.8) is 0 Å². The number of nitrogens with zero attached hydrogens (tertiary/aromatic N) is 1. The molecule has 0 radical (unpaired) electrons. The van der Waals surface area contributed by atoms with E-state index in [1.807, 2.05) is 18.2 Å². The lowest BCUT2D eigenvalue weighted by Crippen LogP contribution is -2.17. The number of thiophene rings is 1. The van der Waals surface area contributed by atoms with Gasteiger partial charge in [0.2, 0.25) is 0 Å². The van der Waals surface area contributed by atoms with Crippen molar-refractivity contribution in [2.45, 2.75) is 13.1 Å². The molecule has 0 spiro atoms. The van der Waals surface area contributed by atoms with Crippen molar-refractivity contribution in [3.8, 4) is 0 Å². The van der Waals surface area contributed by atoms with E-state index >= 15 is 0 Å². The normalized spacial score (nSPS) is 11.0. The Balaban J connectivity index is 1.98. The van der Waals surface area contributed by atoms with Crippen LogP contribution in [0.4, 0.5) is 5.69 Å². The smallest absolute Gasteiger partial charge is 0.0701 e. The summed E-state index contributed by atoms with van der Waals surface area (Å²) >= 11 is 5.20. The summed E-state index contributed by atoms with van der Waals surface area (Å²) in [5, 5.41) is 2.18. The second-order valence-corrected chi connectivity index (χ2v) is 6.42. The topological polar surface area (TPSA) is 29.3 Å². The molecule has 0 aliphatic heterocycles. The third kappa shape index (κ3) is 3.56. The zero-order valence-electron chi connectivity index (χ0n) is 9.69. The zero-order chi connectivity index (χ0) is 12.3. The zero-order valence-corrected chi connectivity index (χ0v) is 12.1. The van der Waals surface area contributed by atoms with Crippen LogP contribution in [-0.4, -0.2) is 11.9 Å². The predicted octanol–water partition coefficient (Wildman–Crippen LogP) is 3.72. The number of hydrogen-bond acceptors (Lipinski definition) is 3. The predicted molar refractivity (Wildman–Crippen MR) is 78.0 cm³/mol. The van der Waals surface area contributed by atoms with Crippen LogP contribution in [0.25, 0.3) is 0 Å². The van der Waals surface area contributed by atoms with E-state index in [0.717, 1.165) is 18.8 Å². The van der Waals surface area contributed by atoms with E-state index in [1.54, 1.807) is 11.3 Å². The second-order valence-electron chi connectivity index (χ2n) is 4.13. The van der Waals surface area contributed by atoms with Crippen LogP contribution in [0.15, 0.2) is 39.5 Å². The van der Waals surface area contributed by atoms with Gasteiger partial charge < -0.3 is 5.73 Å². The average Bonchev–Trinajstić information content (AvgIpc) is 2.67. The molecule has 1 aromatic heterocycles. The molecular formula is C13H15BrN2S. The average molecular weight is 311 g/mol. The molecule has 0 fully saturated rings. The van der Waals surface area contributed by atoms with Gasteiger partial charge in [-0.3, -0.25) is 4.90 Å². The number of para-hydroxylation sites is 1. The van der Waals surface area contributed by atoms with Crippen LogP contribution < -0.4 is 5.73 Å². The fourth-order valence-corrected chi connectivity index (χ4v) is 2.97. The lowest BCUT2D eigenvalue weighted by molar-refractivity contribution is 0.320. The molecule has 0 saturated carbocycles. The first kappa shape index (κ1) is 12.6. The van der Waals surface area contributed by atoms with E-state index in [-0.39, 0.29) is 0 Å². The molecule has 0 bridgehead atoms. The van der Waals surface area contributed by atoms with E-state index in [2.05, 4.69) is 45.4 Å². The highest BCUT2D eigenvalue weighted by molar-refractivity contribution is 9.11. The van der Waals surface area contributed by atoms with Crippen molar-refractivity contribution >= 4 is 33.0 Å². The Labute approximate surface area is 114 Å². The fourth-order valence-electron chi connectivity index (χ4n) is 1.77. The third-order valence-electron chi connectivity index (χ3n) is 2.57. The molecule has 0 aliphatic rings. The van der Waals surface area contributed by atoms with Crippen molar-refractivity contribution in [3.05, 3.63) is 50.6 Å². The molecule has 0 aliphatic carbocycles. The first-order chi connectivity index (χ1) is 8.15. The standard InChI is InChI=1S/C13H15BrN2S/c1-16(7-10-6-13(14)17-9-10)8-11-4-2-3-5-12(11)15/h2-6,9H,7-8,15H2,1H3. The number of nitrogen functional groups attached to an aromatic ring is 1. The Morgan fingerprint density at radius 1 is 1.29 bits per heavy atom. The van der Waals surface area contributed by atoms with Crippen LogP contribution in [-0.2, 0) is 13.1 Å². The van der Waals surface area contributed by atoms with Crippen molar-refractivity contribution in [1.29, 1.82) is 0 Å². The highest BCUT2D eigenvalue weighted by Crippen LogP contribution is 2.22. The Kier molecular flexibility index (Phi) is 4.20. The van der Waals surface area contributed by atoms with Gasteiger partial charge in [-0.25, -0.2) is 0 Å². The Hall–Kier alpha value is -0.840. The number of rotatable bonds is 4. The van der Waals surface area contributed by atoms with Crippen LogP contribution in [0.1, 0.15) is 11.1 Å². The molecule has 2 N–H and O–H groups in total. The largest absolute Gasteiger partial charge is 0.398 e. The summed E-state index contributed by atoms with van der Waals surface area (Å²) in [4.78, 5) is 2.26. The van der Waals surface area contributed by atoms with E-state index in [4.69, 9.17) is 5.73 Å². The first-order valence-corrected chi connectivity index (χ1v) is 7.07. The van der Waals surface area contributed by atoms with Gasteiger partial charge in [0, 0.05) is 18.8 Å². The molecule has 2 nitrogen and oxygen atoms in total. The van der Waals surface area contributed by atoms with Gasteiger partial charge in [-0.05, 0) is 51.6 Å². The minimum atomic E-state index is 0.867. The summed E-state index contributed by atoms with van der Waals surface area (Å²) in [6.45, 7) is 1.82. The number of hydrogen-bond donors (Lipinski definition) is 1. The molecule has 0 atom stereocenters. The maximum absolute atomic E-state index is 5.93. The Morgan fingerprint density at radius 2 is 2.06 bits per heavy atom. The molecule has 0 amide bonds. The molecule has 0 saturated heterocycles. The van der Waals surface area contributed by atoms with Crippen LogP contribution in [0, 0.1) is 0 Å². The van der Waals surface area contributed by atoms with E-state index < -0.39 is 0 Å². The van der Waals surface area contributed by atoms with Gasteiger partial charge in [-0.2, -0.15) is 0 Å². The van der Waals surface area contributed by atoms with Gasteiger partial charge in [-0.15, -0.1) is 11.3 Å². The maximum Gasteiger partial charge on any atom is 0.0701 e. The summed E-state index contributed by atoms with van der Waals surface area (Å²) in [5.41, 5.74) is 9.32. The number of anilines is 1. The quantitative estimate of drug-likeness (QED) is 0.872. The number of nitrogens with two attached hydrogens (primary N) is 1. The number of benzene rings is 1. The van der Waals surface area contributed by atoms with Crippen LogP contribution in [0.3, 0.4) is 0 Å². The van der Waals surface area contributed by atoms with Gasteiger partial charge in [0.15, 0.2) is 0 Å². The molecule has 2 aromatic rings. The maximum atomic E-state index is 5.93. The van der Waals surface area contributed by atoms with Crippen LogP contribution in [0.5, 0.6) is 0 Å². The minimum Gasteiger partial charge on any atom is -0.398 e. The summed E-state index contributed by atoms with van der Waals surface area (Å²) in [7, 11) is 2.11. The van der Waals surface area contributed by atoms with Crippen molar-refractivity contribution < 1.29 is 0 Å². The first-order valence-electron chi connectivity index (χ1n) is 5.40. The highest BCUT2D eigenvalue weighted by Gasteiger charge is 2.05. The fraction of sp³-hybridized carbons (Fsp3) is 0.231.